The summed E-state index contributed by atoms with van der Waals surface area (Å²) in [6, 6.07) is 1.60. The highest BCUT2D eigenvalue weighted by Gasteiger charge is 2.30. The Bertz CT molecular complexity index is 502. The molecule has 6 heteroatoms. The van der Waals surface area contributed by atoms with E-state index in [0.717, 1.165) is 25.0 Å². The smallest absolute Gasteiger partial charge is 0.253 e. The molecule has 0 aromatic heterocycles. The van der Waals surface area contributed by atoms with E-state index in [4.69, 9.17) is 16.3 Å². The summed E-state index contributed by atoms with van der Waals surface area (Å²) in [5, 5.41) is 2.65. The third-order valence-electron chi connectivity index (χ3n) is 3.11. The Labute approximate surface area is 114 Å². The molecule has 0 bridgehead atoms. The van der Waals surface area contributed by atoms with Crippen molar-refractivity contribution >= 4 is 17.5 Å². The van der Waals surface area contributed by atoms with Crippen molar-refractivity contribution in [1.82, 2.24) is 5.32 Å². The summed E-state index contributed by atoms with van der Waals surface area (Å²) in [6.07, 6.45) is 1.60. The Balaban J connectivity index is 2.18. The number of halogens is 3. The van der Waals surface area contributed by atoms with Crippen molar-refractivity contribution < 1.29 is 18.3 Å². The van der Waals surface area contributed by atoms with Gasteiger partial charge < -0.3 is 10.1 Å². The van der Waals surface area contributed by atoms with E-state index in [-0.39, 0.29) is 10.6 Å². The molecule has 1 N–H and O–H groups in total. The van der Waals surface area contributed by atoms with Crippen LogP contribution in [0, 0.1) is 11.6 Å². The van der Waals surface area contributed by atoms with Crippen LogP contribution >= 0.6 is 11.6 Å². The van der Waals surface area contributed by atoms with E-state index in [1.165, 1.54) is 0 Å². The molecule has 0 saturated carbocycles. The molecule has 19 heavy (non-hydrogen) atoms. The Hall–Kier alpha value is -1.20. The first-order valence-corrected chi connectivity index (χ1v) is 6.34. The Morgan fingerprint density at radius 3 is 2.74 bits per heavy atom. The van der Waals surface area contributed by atoms with Gasteiger partial charge in [-0.2, -0.15) is 0 Å². The van der Waals surface area contributed by atoms with E-state index in [0.29, 0.717) is 13.2 Å². The minimum atomic E-state index is -1.10. The largest absolute Gasteiger partial charge is 0.379 e. The average Bonchev–Trinajstić information content (AvgIpc) is 2.34. The Morgan fingerprint density at radius 1 is 1.42 bits per heavy atom. The van der Waals surface area contributed by atoms with Crippen LogP contribution in [0.2, 0.25) is 5.02 Å². The molecule has 1 saturated heterocycles. The lowest BCUT2D eigenvalue weighted by atomic mass is 9.94. The summed E-state index contributed by atoms with van der Waals surface area (Å²) in [6.45, 7) is 2.90. The summed E-state index contributed by atoms with van der Waals surface area (Å²) in [4.78, 5) is 12.1. The van der Waals surface area contributed by atoms with Gasteiger partial charge in [0.1, 0.15) is 0 Å². The van der Waals surface area contributed by atoms with Crippen LogP contribution in [0.5, 0.6) is 0 Å². The lowest BCUT2D eigenvalue weighted by Crippen LogP contribution is -2.51. The fourth-order valence-electron chi connectivity index (χ4n) is 2.07. The molecular weight excluding hydrogens is 276 g/mol. The van der Waals surface area contributed by atoms with Gasteiger partial charge >= 0.3 is 0 Å². The highest BCUT2D eigenvalue weighted by molar-refractivity contribution is 6.33. The number of carbonyl (C=O) groups is 1. The van der Waals surface area contributed by atoms with Crippen molar-refractivity contribution in [3.05, 3.63) is 34.4 Å². The quantitative estimate of drug-likeness (QED) is 0.850. The predicted octanol–water partition coefficient (Wildman–Crippen LogP) is 2.92. The molecule has 1 aromatic carbocycles. The highest BCUT2D eigenvalue weighted by atomic mass is 35.5. The summed E-state index contributed by atoms with van der Waals surface area (Å²) < 4.78 is 31.4. The average molecular weight is 290 g/mol. The second kappa shape index (κ2) is 5.43. The van der Waals surface area contributed by atoms with E-state index >= 15 is 0 Å². The number of benzene rings is 1. The number of carbonyl (C=O) groups excluding carboxylic acids is 1. The van der Waals surface area contributed by atoms with Crippen molar-refractivity contribution in [2.45, 2.75) is 25.3 Å². The molecule has 1 heterocycles. The number of rotatable bonds is 2. The first kappa shape index (κ1) is 14.2. The molecule has 0 radical (unpaired) electrons. The van der Waals surface area contributed by atoms with E-state index in [2.05, 4.69) is 5.32 Å². The van der Waals surface area contributed by atoms with Gasteiger partial charge in [-0.1, -0.05) is 11.6 Å². The summed E-state index contributed by atoms with van der Waals surface area (Å²) in [5.74, 6) is -2.70. The first-order chi connectivity index (χ1) is 8.91. The number of ether oxygens (including phenoxy) is 1. The van der Waals surface area contributed by atoms with Crippen molar-refractivity contribution in [2.24, 2.45) is 0 Å². The van der Waals surface area contributed by atoms with Crippen LogP contribution in [0.3, 0.4) is 0 Å². The number of hydrogen-bond donors (Lipinski definition) is 1. The van der Waals surface area contributed by atoms with E-state index < -0.39 is 23.1 Å². The lowest BCUT2D eigenvalue weighted by molar-refractivity contribution is 0.0272. The van der Waals surface area contributed by atoms with Gasteiger partial charge in [0.05, 0.1) is 22.7 Å². The minimum absolute atomic E-state index is 0.0765. The van der Waals surface area contributed by atoms with Crippen molar-refractivity contribution in [3.63, 3.8) is 0 Å². The molecule has 1 fully saturated rings. The number of nitrogens with one attached hydrogen (secondary N) is 1. The molecule has 0 aliphatic carbocycles. The molecule has 104 valence electrons. The Morgan fingerprint density at radius 2 is 2.11 bits per heavy atom. The predicted molar refractivity (Wildman–Crippen MR) is 67.3 cm³/mol. The molecule has 1 aliphatic rings. The van der Waals surface area contributed by atoms with Gasteiger partial charge in [0.25, 0.3) is 5.91 Å². The SMILES string of the molecule is C[C@]1(NC(=O)c2cc(F)c(F)cc2Cl)CCCOC1. The van der Waals surface area contributed by atoms with E-state index in [9.17, 15) is 13.6 Å². The fourth-order valence-corrected chi connectivity index (χ4v) is 2.31. The lowest BCUT2D eigenvalue weighted by Gasteiger charge is -2.34. The van der Waals surface area contributed by atoms with Gasteiger partial charge in [-0.15, -0.1) is 0 Å². The maximum Gasteiger partial charge on any atom is 0.253 e. The molecule has 1 aromatic rings. The van der Waals surface area contributed by atoms with Gasteiger partial charge in [0, 0.05) is 6.61 Å². The highest BCUT2D eigenvalue weighted by Crippen LogP contribution is 2.23. The fraction of sp³-hybridized carbons (Fsp3) is 0.462. The molecule has 1 amide bonds. The summed E-state index contributed by atoms with van der Waals surface area (Å²) in [7, 11) is 0. The zero-order valence-electron chi connectivity index (χ0n) is 10.4. The molecule has 2 rings (SSSR count). The van der Waals surface area contributed by atoms with Crippen LogP contribution in [-0.4, -0.2) is 24.7 Å². The molecule has 0 unspecified atom stereocenters. The molecular formula is C13H14ClF2NO2. The maximum atomic E-state index is 13.2. The second-order valence-corrected chi connectivity index (χ2v) is 5.32. The third-order valence-corrected chi connectivity index (χ3v) is 3.42. The molecule has 1 atom stereocenters. The van der Waals surface area contributed by atoms with Crippen LogP contribution in [0.25, 0.3) is 0 Å². The second-order valence-electron chi connectivity index (χ2n) is 4.92. The van der Waals surface area contributed by atoms with Crippen molar-refractivity contribution in [1.29, 1.82) is 0 Å². The van der Waals surface area contributed by atoms with Crippen LogP contribution in [0.4, 0.5) is 8.78 Å². The first-order valence-electron chi connectivity index (χ1n) is 5.96. The molecule has 3 nitrogen and oxygen atoms in total. The topological polar surface area (TPSA) is 38.3 Å². The Kier molecular flexibility index (Phi) is 4.06. The maximum absolute atomic E-state index is 13.2. The van der Waals surface area contributed by atoms with Crippen LogP contribution in [-0.2, 0) is 4.74 Å². The summed E-state index contributed by atoms with van der Waals surface area (Å²) in [5.41, 5.74) is -0.587. The number of amides is 1. The van der Waals surface area contributed by atoms with Crippen LogP contribution < -0.4 is 5.32 Å². The molecule has 0 spiro atoms. The third kappa shape index (κ3) is 3.22. The summed E-state index contributed by atoms with van der Waals surface area (Å²) >= 11 is 5.76. The standard InChI is InChI=1S/C13H14ClF2NO2/c1-13(3-2-4-19-7-13)17-12(18)8-5-10(15)11(16)6-9(8)14/h5-6H,2-4,7H2,1H3,(H,17,18)/t13-/m0/s1. The number of hydrogen-bond acceptors (Lipinski definition) is 2. The van der Waals surface area contributed by atoms with Gasteiger partial charge in [0.15, 0.2) is 11.6 Å². The van der Waals surface area contributed by atoms with Gasteiger partial charge in [-0.05, 0) is 31.9 Å². The van der Waals surface area contributed by atoms with Crippen molar-refractivity contribution in [2.75, 3.05) is 13.2 Å². The monoisotopic (exact) mass is 289 g/mol. The zero-order chi connectivity index (χ0) is 14.0. The van der Waals surface area contributed by atoms with Gasteiger partial charge in [-0.25, -0.2) is 8.78 Å². The minimum Gasteiger partial charge on any atom is -0.379 e. The van der Waals surface area contributed by atoms with Crippen molar-refractivity contribution in [3.8, 4) is 0 Å². The van der Waals surface area contributed by atoms with Gasteiger partial charge in [0.2, 0.25) is 0 Å². The van der Waals surface area contributed by atoms with Crippen LogP contribution in [0.15, 0.2) is 12.1 Å². The van der Waals surface area contributed by atoms with Crippen LogP contribution in [0.1, 0.15) is 30.1 Å². The zero-order valence-corrected chi connectivity index (χ0v) is 11.2. The van der Waals surface area contributed by atoms with E-state index in [1.54, 1.807) is 0 Å². The van der Waals surface area contributed by atoms with E-state index in [1.807, 2.05) is 6.92 Å². The van der Waals surface area contributed by atoms with Gasteiger partial charge in [-0.3, -0.25) is 4.79 Å². The molecule has 1 aliphatic heterocycles. The normalized spacial score (nSPS) is 23.2.